The van der Waals surface area contributed by atoms with Crippen molar-refractivity contribution in [3.63, 3.8) is 0 Å². The zero-order valence-corrected chi connectivity index (χ0v) is 11.0. The van der Waals surface area contributed by atoms with E-state index in [1.807, 2.05) is 6.92 Å². The average molecular weight is 267 g/mol. The molecule has 0 saturated carbocycles. The van der Waals surface area contributed by atoms with Crippen molar-refractivity contribution in [2.24, 2.45) is 0 Å². The Balaban J connectivity index is 0.00000256. The second kappa shape index (κ2) is 7.47. The lowest BCUT2D eigenvalue weighted by Crippen LogP contribution is -2.57. The Labute approximate surface area is 107 Å². The maximum absolute atomic E-state index is 11.8. The fourth-order valence-corrected chi connectivity index (χ4v) is 1.57. The van der Waals surface area contributed by atoms with Crippen LogP contribution in [0, 0.1) is 0 Å². The van der Waals surface area contributed by atoms with Crippen LogP contribution in [0.25, 0.3) is 0 Å². The van der Waals surface area contributed by atoms with Crippen LogP contribution >= 0.6 is 12.4 Å². The molecule has 1 aliphatic heterocycles. The number of halogens is 1. The van der Waals surface area contributed by atoms with Crippen molar-refractivity contribution in [3.8, 4) is 0 Å². The molecule has 0 aromatic carbocycles. The van der Waals surface area contributed by atoms with E-state index in [4.69, 9.17) is 4.74 Å². The first kappa shape index (κ1) is 16.1. The number of esters is 1. The predicted octanol–water partition coefficient (Wildman–Crippen LogP) is -0.537. The minimum Gasteiger partial charge on any atom is -0.467 e. The Bertz CT molecular complexity index is 275. The Hall–Kier alpha value is -0.850. The molecule has 0 aliphatic carbocycles. The predicted molar refractivity (Wildman–Crippen MR) is 64.1 cm³/mol. The fourth-order valence-electron chi connectivity index (χ4n) is 1.57. The molecule has 0 spiro atoms. The Morgan fingerprint density at radius 3 is 2.71 bits per heavy atom. The van der Waals surface area contributed by atoms with E-state index in [-0.39, 0.29) is 24.4 Å². The standard InChI is InChI=1S/C10H18N2O4.ClH/c1-6(10(14)15-3)12-9(13)8-7(2)16-5-4-11-8;/h6-8,11H,4-5H2,1-3H3,(H,12,13);1H/t6-,7-,8+;/m1./s1. The molecule has 1 rings (SSSR count). The third-order valence-electron chi connectivity index (χ3n) is 2.51. The number of methoxy groups -OCH3 is 1. The van der Waals surface area contributed by atoms with Crippen LogP contribution in [-0.2, 0) is 19.1 Å². The van der Waals surface area contributed by atoms with Gasteiger partial charge in [0, 0.05) is 6.54 Å². The number of ether oxygens (including phenoxy) is 2. The molecule has 1 fully saturated rings. The van der Waals surface area contributed by atoms with Crippen molar-refractivity contribution in [2.45, 2.75) is 32.0 Å². The minimum absolute atomic E-state index is 0. The highest BCUT2D eigenvalue weighted by atomic mass is 35.5. The third-order valence-corrected chi connectivity index (χ3v) is 2.51. The molecular weight excluding hydrogens is 248 g/mol. The van der Waals surface area contributed by atoms with Crippen LogP contribution in [0.2, 0.25) is 0 Å². The number of hydrogen-bond donors (Lipinski definition) is 2. The molecule has 1 amide bonds. The monoisotopic (exact) mass is 266 g/mol. The van der Waals surface area contributed by atoms with Gasteiger partial charge in [0.05, 0.1) is 19.8 Å². The summed E-state index contributed by atoms with van der Waals surface area (Å²) in [5, 5.41) is 5.62. The number of carbonyl (C=O) groups is 2. The highest BCUT2D eigenvalue weighted by Gasteiger charge is 2.30. The molecule has 0 aromatic heterocycles. The smallest absolute Gasteiger partial charge is 0.328 e. The summed E-state index contributed by atoms with van der Waals surface area (Å²) in [5.41, 5.74) is 0. The molecule has 7 heteroatoms. The molecule has 0 aromatic rings. The van der Waals surface area contributed by atoms with Crippen LogP contribution in [0.15, 0.2) is 0 Å². The molecule has 3 atom stereocenters. The summed E-state index contributed by atoms with van der Waals surface area (Å²) in [6.45, 7) is 4.63. The summed E-state index contributed by atoms with van der Waals surface area (Å²) >= 11 is 0. The Morgan fingerprint density at radius 2 is 2.18 bits per heavy atom. The molecule has 100 valence electrons. The van der Waals surface area contributed by atoms with Gasteiger partial charge in [-0.1, -0.05) is 0 Å². The largest absolute Gasteiger partial charge is 0.467 e. The normalized spacial score (nSPS) is 25.4. The minimum atomic E-state index is -0.645. The van der Waals surface area contributed by atoms with E-state index >= 15 is 0 Å². The Kier molecular flexibility index (Phi) is 7.10. The summed E-state index contributed by atoms with van der Waals surface area (Å²) in [6.07, 6.45) is -0.196. The molecule has 1 aliphatic rings. The van der Waals surface area contributed by atoms with Crippen LogP contribution in [0.4, 0.5) is 0 Å². The second-order valence-electron chi connectivity index (χ2n) is 3.76. The molecule has 6 nitrogen and oxygen atoms in total. The quantitative estimate of drug-likeness (QED) is 0.671. The molecule has 1 heterocycles. The molecule has 0 unspecified atom stereocenters. The van der Waals surface area contributed by atoms with Gasteiger partial charge in [-0.25, -0.2) is 4.79 Å². The van der Waals surface area contributed by atoms with Gasteiger partial charge in [0.2, 0.25) is 5.91 Å². The van der Waals surface area contributed by atoms with Gasteiger partial charge in [-0.2, -0.15) is 0 Å². The lowest BCUT2D eigenvalue weighted by molar-refractivity contribution is -0.145. The molecule has 1 saturated heterocycles. The van der Waals surface area contributed by atoms with Crippen LogP contribution < -0.4 is 10.6 Å². The van der Waals surface area contributed by atoms with E-state index in [0.717, 1.165) is 0 Å². The summed E-state index contributed by atoms with van der Waals surface area (Å²) in [5.74, 6) is -0.706. The van der Waals surface area contributed by atoms with Gasteiger partial charge in [0.25, 0.3) is 0 Å². The summed E-state index contributed by atoms with van der Waals surface area (Å²) < 4.78 is 9.86. The maximum atomic E-state index is 11.8. The van der Waals surface area contributed by atoms with Crippen LogP contribution in [0.5, 0.6) is 0 Å². The van der Waals surface area contributed by atoms with Gasteiger partial charge in [0.1, 0.15) is 12.1 Å². The van der Waals surface area contributed by atoms with Crippen molar-refractivity contribution in [1.82, 2.24) is 10.6 Å². The highest BCUT2D eigenvalue weighted by Crippen LogP contribution is 2.04. The third kappa shape index (κ3) is 4.49. The lowest BCUT2D eigenvalue weighted by atomic mass is 10.1. The van der Waals surface area contributed by atoms with E-state index in [0.29, 0.717) is 13.2 Å². The number of carbonyl (C=O) groups excluding carboxylic acids is 2. The topological polar surface area (TPSA) is 76.7 Å². The molecule has 0 bridgehead atoms. The van der Waals surface area contributed by atoms with E-state index in [1.54, 1.807) is 6.92 Å². The second-order valence-corrected chi connectivity index (χ2v) is 3.76. The molecular formula is C10H19ClN2O4. The van der Waals surface area contributed by atoms with Gasteiger partial charge in [-0.05, 0) is 13.8 Å². The average Bonchev–Trinajstić information content (AvgIpc) is 2.28. The van der Waals surface area contributed by atoms with E-state index in [2.05, 4.69) is 15.4 Å². The van der Waals surface area contributed by atoms with Crippen LogP contribution in [-0.4, -0.2) is 50.3 Å². The molecule has 17 heavy (non-hydrogen) atoms. The maximum Gasteiger partial charge on any atom is 0.328 e. The highest BCUT2D eigenvalue weighted by molar-refractivity contribution is 5.87. The number of morpholine rings is 1. The van der Waals surface area contributed by atoms with Crippen molar-refractivity contribution in [3.05, 3.63) is 0 Å². The van der Waals surface area contributed by atoms with E-state index in [9.17, 15) is 9.59 Å². The number of amides is 1. The first-order valence-corrected chi connectivity index (χ1v) is 5.29. The summed E-state index contributed by atoms with van der Waals surface area (Å²) in [7, 11) is 1.29. The van der Waals surface area contributed by atoms with Crippen LogP contribution in [0.1, 0.15) is 13.8 Å². The van der Waals surface area contributed by atoms with Crippen molar-refractivity contribution >= 4 is 24.3 Å². The number of nitrogens with one attached hydrogen (secondary N) is 2. The Morgan fingerprint density at radius 1 is 1.53 bits per heavy atom. The van der Waals surface area contributed by atoms with Gasteiger partial charge in [-0.3, -0.25) is 4.79 Å². The zero-order valence-electron chi connectivity index (χ0n) is 10.2. The van der Waals surface area contributed by atoms with Crippen molar-refractivity contribution in [1.29, 1.82) is 0 Å². The SMILES string of the molecule is COC(=O)[C@@H](C)NC(=O)[C@H]1NCCO[C@@H]1C.Cl. The van der Waals surface area contributed by atoms with Crippen molar-refractivity contribution in [2.75, 3.05) is 20.3 Å². The van der Waals surface area contributed by atoms with E-state index < -0.39 is 18.1 Å². The van der Waals surface area contributed by atoms with Crippen molar-refractivity contribution < 1.29 is 19.1 Å². The lowest BCUT2D eigenvalue weighted by Gasteiger charge is -2.29. The molecule has 2 N–H and O–H groups in total. The van der Waals surface area contributed by atoms with Gasteiger partial charge in [0.15, 0.2) is 0 Å². The van der Waals surface area contributed by atoms with Gasteiger partial charge in [-0.15, -0.1) is 12.4 Å². The van der Waals surface area contributed by atoms with E-state index in [1.165, 1.54) is 7.11 Å². The van der Waals surface area contributed by atoms with Gasteiger partial charge < -0.3 is 20.1 Å². The summed E-state index contributed by atoms with van der Waals surface area (Å²) in [6, 6.07) is -1.06. The first-order chi connectivity index (χ1) is 7.56. The number of hydrogen-bond acceptors (Lipinski definition) is 5. The first-order valence-electron chi connectivity index (χ1n) is 5.29. The summed E-state index contributed by atoms with van der Waals surface area (Å²) in [4.78, 5) is 22.9. The van der Waals surface area contributed by atoms with Crippen LogP contribution in [0.3, 0.4) is 0 Å². The molecule has 0 radical (unpaired) electrons. The zero-order chi connectivity index (χ0) is 12.1. The van der Waals surface area contributed by atoms with Gasteiger partial charge >= 0.3 is 5.97 Å². The fraction of sp³-hybridized carbons (Fsp3) is 0.800. The number of rotatable bonds is 3.